The number of thiazole rings is 1. The Kier molecular flexibility index (Phi) is 5.45. The molecular weight excluding hydrogens is 358 g/mol. The molecule has 1 amide bonds. The molecule has 0 spiro atoms. The van der Waals surface area contributed by atoms with Crippen molar-refractivity contribution < 1.29 is 9.53 Å². The van der Waals surface area contributed by atoms with Gasteiger partial charge in [0.15, 0.2) is 5.13 Å². The second-order valence-corrected chi connectivity index (χ2v) is 8.31. The van der Waals surface area contributed by atoms with Crippen molar-refractivity contribution in [1.29, 1.82) is 0 Å². The number of hydrogen-bond donors (Lipinski definition) is 1. The number of hydrogen-bond acceptors (Lipinski definition) is 5. The monoisotopic (exact) mass is 385 g/mol. The van der Waals surface area contributed by atoms with Crippen molar-refractivity contribution in [2.24, 2.45) is 5.92 Å². The average Bonchev–Trinajstić information content (AvgIpc) is 3.24. The highest BCUT2D eigenvalue weighted by Crippen LogP contribution is 2.43. The number of piperidine rings is 1. The number of aromatic nitrogens is 1. The summed E-state index contributed by atoms with van der Waals surface area (Å²) in [6, 6.07) is 10.7. The minimum absolute atomic E-state index is 0.112. The van der Waals surface area contributed by atoms with Gasteiger partial charge in [0.1, 0.15) is 0 Å². The molecule has 4 rings (SSSR count). The third kappa shape index (κ3) is 3.60. The van der Waals surface area contributed by atoms with Gasteiger partial charge in [0, 0.05) is 50.1 Å². The third-order valence-electron chi connectivity index (χ3n) is 6.03. The van der Waals surface area contributed by atoms with Crippen LogP contribution in [-0.4, -0.2) is 49.1 Å². The summed E-state index contributed by atoms with van der Waals surface area (Å²) >= 11 is 1.65. The predicted octanol–water partition coefficient (Wildman–Crippen LogP) is 3.52. The molecule has 1 aromatic carbocycles. The minimum atomic E-state index is -0.112. The lowest BCUT2D eigenvalue weighted by Crippen LogP contribution is -2.48. The first kappa shape index (κ1) is 18.4. The Labute approximate surface area is 164 Å². The summed E-state index contributed by atoms with van der Waals surface area (Å²) in [4.78, 5) is 19.9. The van der Waals surface area contributed by atoms with E-state index in [0.717, 1.165) is 49.6 Å². The molecule has 0 saturated carbocycles. The number of amides is 1. The maximum Gasteiger partial charge on any atom is 0.225 e. The fourth-order valence-corrected chi connectivity index (χ4v) is 5.14. The molecule has 27 heavy (non-hydrogen) atoms. The average molecular weight is 386 g/mol. The fraction of sp³-hybridized carbons (Fsp3) is 0.524. The number of likely N-dealkylation sites (tertiary alicyclic amines) is 1. The number of benzene rings is 1. The Morgan fingerprint density at radius 3 is 2.56 bits per heavy atom. The van der Waals surface area contributed by atoms with E-state index in [1.807, 2.05) is 7.05 Å². The molecule has 0 aliphatic carbocycles. The molecule has 6 heteroatoms. The first-order valence-corrected chi connectivity index (χ1v) is 10.7. The van der Waals surface area contributed by atoms with E-state index in [1.165, 1.54) is 5.56 Å². The molecule has 2 aliphatic rings. The van der Waals surface area contributed by atoms with Crippen LogP contribution in [0.25, 0.3) is 0 Å². The number of nitrogens with one attached hydrogen (secondary N) is 1. The quantitative estimate of drug-likeness (QED) is 0.875. The standard InChI is InChI=1S/C21H27N3O2S/c1-22-20-23-18(15-27-20)21(17-5-3-2-4-6-17)9-11-24(12-10-21)19(25)16-7-13-26-14-8-16/h2-6,15-16H,7-14H2,1H3,(H,22,23). The van der Waals surface area contributed by atoms with Gasteiger partial charge in [-0.15, -0.1) is 11.3 Å². The van der Waals surface area contributed by atoms with Crippen LogP contribution in [-0.2, 0) is 14.9 Å². The predicted molar refractivity (Wildman–Crippen MR) is 108 cm³/mol. The normalized spacial score (nSPS) is 20.4. The number of ether oxygens (including phenoxy) is 1. The van der Waals surface area contributed by atoms with Crippen molar-refractivity contribution >= 4 is 22.4 Å². The lowest BCUT2D eigenvalue weighted by atomic mass is 9.70. The molecule has 0 radical (unpaired) electrons. The Morgan fingerprint density at radius 2 is 1.93 bits per heavy atom. The molecule has 0 atom stereocenters. The molecule has 2 aliphatic heterocycles. The molecule has 2 saturated heterocycles. The topological polar surface area (TPSA) is 54.5 Å². The summed E-state index contributed by atoms with van der Waals surface area (Å²) in [5.41, 5.74) is 2.32. The van der Waals surface area contributed by atoms with Crippen LogP contribution in [0.2, 0.25) is 0 Å². The summed E-state index contributed by atoms with van der Waals surface area (Å²) in [5.74, 6) is 0.451. The van der Waals surface area contributed by atoms with Gasteiger partial charge in [0.05, 0.1) is 5.69 Å². The Morgan fingerprint density at radius 1 is 1.22 bits per heavy atom. The van der Waals surface area contributed by atoms with Crippen LogP contribution >= 0.6 is 11.3 Å². The van der Waals surface area contributed by atoms with Crippen molar-refractivity contribution in [2.75, 3.05) is 38.7 Å². The molecule has 0 bridgehead atoms. The van der Waals surface area contributed by atoms with Crippen LogP contribution in [0.4, 0.5) is 5.13 Å². The highest BCUT2D eigenvalue weighted by Gasteiger charge is 2.41. The van der Waals surface area contributed by atoms with Gasteiger partial charge in [0.2, 0.25) is 5.91 Å². The smallest absolute Gasteiger partial charge is 0.225 e. The number of nitrogens with zero attached hydrogens (tertiary/aromatic N) is 2. The van der Waals surface area contributed by atoms with E-state index < -0.39 is 0 Å². The van der Waals surface area contributed by atoms with Gasteiger partial charge in [0.25, 0.3) is 0 Å². The summed E-state index contributed by atoms with van der Waals surface area (Å²) in [6.45, 7) is 3.00. The van der Waals surface area contributed by atoms with Gasteiger partial charge in [-0.1, -0.05) is 30.3 Å². The molecule has 2 fully saturated rings. The zero-order chi connectivity index (χ0) is 18.7. The van der Waals surface area contributed by atoms with E-state index in [2.05, 4.69) is 45.9 Å². The number of carbonyl (C=O) groups excluding carboxylic acids is 1. The summed E-state index contributed by atoms with van der Waals surface area (Å²) in [7, 11) is 1.91. The van der Waals surface area contributed by atoms with Crippen LogP contribution in [0, 0.1) is 5.92 Å². The summed E-state index contributed by atoms with van der Waals surface area (Å²) in [5, 5.41) is 6.28. The molecule has 1 aromatic heterocycles. The van der Waals surface area contributed by atoms with Crippen molar-refractivity contribution in [1.82, 2.24) is 9.88 Å². The van der Waals surface area contributed by atoms with Gasteiger partial charge in [-0.3, -0.25) is 4.79 Å². The maximum absolute atomic E-state index is 12.9. The highest BCUT2D eigenvalue weighted by molar-refractivity contribution is 7.13. The minimum Gasteiger partial charge on any atom is -0.381 e. The second-order valence-electron chi connectivity index (χ2n) is 7.45. The van der Waals surface area contributed by atoms with Gasteiger partial charge >= 0.3 is 0 Å². The van der Waals surface area contributed by atoms with Crippen LogP contribution in [0.1, 0.15) is 36.9 Å². The van der Waals surface area contributed by atoms with Gasteiger partial charge < -0.3 is 15.0 Å². The third-order valence-corrected chi connectivity index (χ3v) is 6.89. The Hall–Kier alpha value is -1.92. The number of carbonyl (C=O) groups is 1. The van der Waals surface area contributed by atoms with E-state index >= 15 is 0 Å². The fourth-order valence-electron chi connectivity index (χ4n) is 4.37. The Bertz CT molecular complexity index is 763. The molecule has 0 unspecified atom stereocenters. The lowest BCUT2D eigenvalue weighted by Gasteiger charge is -2.42. The number of anilines is 1. The van der Waals surface area contributed by atoms with Gasteiger partial charge in [-0.2, -0.15) is 0 Å². The van der Waals surface area contributed by atoms with Crippen LogP contribution < -0.4 is 5.32 Å². The van der Waals surface area contributed by atoms with Crippen molar-refractivity contribution in [2.45, 2.75) is 31.1 Å². The molecule has 5 nitrogen and oxygen atoms in total. The first-order chi connectivity index (χ1) is 13.2. The summed E-state index contributed by atoms with van der Waals surface area (Å²) in [6.07, 6.45) is 3.55. The maximum atomic E-state index is 12.9. The van der Waals surface area contributed by atoms with E-state index in [9.17, 15) is 4.79 Å². The molecule has 3 heterocycles. The first-order valence-electron chi connectivity index (χ1n) is 9.79. The summed E-state index contributed by atoms with van der Waals surface area (Å²) < 4.78 is 5.42. The van der Waals surface area contributed by atoms with Crippen LogP contribution in [0.5, 0.6) is 0 Å². The highest BCUT2D eigenvalue weighted by atomic mass is 32.1. The zero-order valence-corrected chi connectivity index (χ0v) is 16.6. The van der Waals surface area contributed by atoms with E-state index in [0.29, 0.717) is 19.1 Å². The molecule has 2 aromatic rings. The van der Waals surface area contributed by atoms with Crippen LogP contribution in [0.15, 0.2) is 35.7 Å². The molecule has 1 N–H and O–H groups in total. The second kappa shape index (κ2) is 7.98. The largest absolute Gasteiger partial charge is 0.381 e. The molecule has 144 valence electrons. The van der Waals surface area contributed by atoms with Crippen molar-refractivity contribution in [3.05, 3.63) is 47.0 Å². The van der Waals surface area contributed by atoms with Gasteiger partial charge in [-0.25, -0.2) is 4.98 Å². The number of rotatable bonds is 4. The van der Waals surface area contributed by atoms with Crippen LogP contribution in [0.3, 0.4) is 0 Å². The SMILES string of the molecule is CNc1nc(C2(c3ccccc3)CCN(C(=O)C3CCOCC3)CC2)cs1. The van der Waals surface area contributed by atoms with E-state index in [1.54, 1.807) is 11.3 Å². The van der Waals surface area contributed by atoms with Gasteiger partial charge in [-0.05, 0) is 31.2 Å². The van der Waals surface area contributed by atoms with Crippen molar-refractivity contribution in [3.63, 3.8) is 0 Å². The van der Waals surface area contributed by atoms with Crippen molar-refractivity contribution in [3.8, 4) is 0 Å². The van der Waals surface area contributed by atoms with E-state index in [-0.39, 0.29) is 11.3 Å². The zero-order valence-electron chi connectivity index (χ0n) is 15.8. The van der Waals surface area contributed by atoms with E-state index in [4.69, 9.17) is 9.72 Å². The lowest BCUT2D eigenvalue weighted by molar-refractivity contribution is -0.140. The molecular formula is C21H27N3O2S. The Balaban J connectivity index is 1.56.